The van der Waals surface area contributed by atoms with Gasteiger partial charge in [-0.25, -0.2) is 0 Å². The Labute approximate surface area is 125 Å². The van der Waals surface area contributed by atoms with Gasteiger partial charge in [0.05, 0.1) is 19.0 Å². The molecule has 21 heavy (non-hydrogen) atoms. The quantitative estimate of drug-likeness (QED) is 0.915. The summed E-state index contributed by atoms with van der Waals surface area (Å²) < 4.78 is 5.16. The summed E-state index contributed by atoms with van der Waals surface area (Å²) in [7, 11) is 1.67. The summed E-state index contributed by atoms with van der Waals surface area (Å²) >= 11 is 0. The highest BCUT2D eigenvalue weighted by molar-refractivity contribution is 5.52. The van der Waals surface area contributed by atoms with Gasteiger partial charge in [0.25, 0.3) is 0 Å². The zero-order chi connectivity index (χ0) is 14.5. The number of nitrogens with one attached hydrogen (secondary N) is 1. The van der Waals surface area contributed by atoms with E-state index in [9.17, 15) is 0 Å². The highest BCUT2D eigenvalue weighted by Crippen LogP contribution is 2.21. The second-order valence-electron chi connectivity index (χ2n) is 5.19. The van der Waals surface area contributed by atoms with Crippen LogP contribution in [0.15, 0.2) is 36.5 Å². The third-order valence-electron chi connectivity index (χ3n) is 3.74. The molecule has 0 atom stereocenters. The molecule has 0 aliphatic carbocycles. The standard InChI is InChI=1S/C16H20N4O/c1-21-15-6-4-13(5-7-15)11-17-16-10-14(12-18-19-16)20-8-2-3-9-20/h4-7,10,12H,2-3,8-9,11H2,1H3,(H,17,19). The SMILES string of the molecule is COc1ccc(CNc2cc(N3CCCC3)cnn2)cc1. The molecular formula is C16H20N4O. The molecule has 2 heterocycles. The summed E-state index contributed by atoms with van der Waals surface area (Å²) in [6.45, 7) is 2.95. The van der Waals surface area contributed by atoms with Crippen LogP contribution in [-0.2, 0) is 6.54 Å². The molecule has 0 saturated carbocycles. The Morgan fingerprint density at radius 2 is 1.95 bits per heavy atom. The first-order valence-corrected chi connectivity index (χ1v) is 7.29. The molecule has 0 radical (unpaired) electrons. The fourth-order valence-corrected chi connectivity index (χ4v) is 2.53. The first kappa shape index (κ1) is 13.7. The molecule has 0 amide bonds. The Balaban J connectivity index is 1.62. The maximum Gasteiger partial charge on any atom is 0.150 e. The lowest BCUT2D eigenvalue weighted by Gasteiger charge is -2.17. The first-order chi connectivity index (χ1) is 10.3. The van der Waals surface area contributed by atoms with E-state index < -0.39 is 0 Å². The predicted octanol–water partition coefficient (Wildman–Crippen LogP) is 2.70. The Morgan fingerprint density at radius 1 is 1.19 bits per heavy atom. The van der Waals surface area contributed by atoms with Crippen molar-refractivity contribution >= 4 is 11.5 Å². The molecule has 5 heteroatoms. The van der Waals surface area contributed by atoms with Crippen LogP contribution in [0.1, 0.15) is 18.4 Å². The molecule has 1 aliphatic rings. The Hall–Kier alpha value is -2.30. The Morgan fingerprint density at radius 3 is 2.67 bits per heavy atom. The lowest BCUT2D eigenvalue weighted by atomic mass is 10.2. The highest BCUT2D eigenvalue weighted by Gasteiger charge is 2.13. The second kappa shape index (κ2) is 6.43. The fourth-order valence-electron chi connectivity index (χ4n) is 2.53. The smallest absolute Gasteiger partial charge is 0.150 e. The minimum atomic E-state index is 0.724. The summed E-state index contributed by atoms with van der Waals surface area (Å²) in [6.07, 6.45) is 4.36. The van der Waals surface area contributed by atoms with Crippen LogP contribution in [0.25, 0.3) is 0 Å². The molecule has 0 bridgehead atoms. The highest BCUT2D eigenvalue weighted by atomic mass is 16.5. The molecule has 1 N–H and O–H groups in total. The third kappa shape index (κ3) is 3.42. The van der Waals surface area contributed by atoms with E-state index in [1.165, 1.54) is 18.4 Å². The molecule has 1 aromatic carbocycles. The van der Waals surface area contributed by atoms with E-state index in [-0.39, 0.29) is 0 Å². The molecular weight excluding hydrogens is 264 g/mol. The number of rotatable bonds is 5. The van der Waals surface area contributed by atoms with Gasteiger partial charge in [-0.2, -0.15) is 5.10 Å². The van der Waals surface area contributed by atoms with Crippen molar-refractivity contribution in [3.63, 3.8) is 0 Å². The van der Waals surface area contributed by atoms with Crippen molar-refractivity contribution in [1.29, 1.82) is 0 Å². The van der Waals surface area contributed by atoms with E-state index in [1.54, 1.807) is 7.11 Å². The average Bonchev–Trinajstić information content (AvgIpc) is 3.08. The Kier molecular flexibility index (Phi) is 4.19. The molecule has 3 rings (SSSR count). The van der Waals surface area contributed by atoms with Crippen molar-refractivity contribution in [1.82, 2.24) is 10.2 Å². The van der Waals surface area contributed by atoms with E-state index in [0.717, 1.165) is 36.9 Å². The number of benzene rings is 1. The van der Waals surface area contributed by atoms with Crippen LogP contribution in [0.3, 0.4) is 0 Å². The summed E-state index contributed by atoms with van der Waals surface area (Å²) in [4.78, 5) is 2.35. The van der Waals surface area contributed by atoms with Gasteiger partial charge in [-0.3, -0.25) is 0 Å². The molecule has 1 aliphatic heterocycles. The Bertz CT molecular complexity index is 579. The largest absolute Gasteiger partial charge is 0.497 e. The van der Waals surface area contributed by atoms with Crippen LogP contribution in [0.2, 0.25) is 0 Å². The molecule has 1 fully saturated rings. The van der Waals surface area contributed by atoms with Crippen molar-refractivity contribution in [3.8, 4) is 5.75 Å². The van der Waals surface area contributed by atoms with E-state index in [0.29, 0.717) is 0 Å². The van der Waals surface area contributed by atoms with Crippen molar-refractivity contribution in [2.45, 2.75) is 19.4 Å². The van der Waals surface area contributed by atoms with Gasteiger partial charge in [-0.1, -0.05) is 12.1 Å². The van der Waals surface area contributed by atoms with Gasteiger partial charge in [0.1, 0.15) is 5.75 Å². The van der Waals surface area contributed by atoms with Gasteiger partial charge in [-0.05, 0) is 30.5 Å². The molecule has 1 aromatic heterocycles. The van der Waals surface area contributed by atoms with Crippen LogP contribution in [0.5, 0.6) is 5.75 Å². The topological polar surface area (TPSA) is 50.3 Å². The second-order valence-corrected chi connectivity index (χ2v) is 5.19. The van der Waals surface area contributed by atoms with Crippen LogP contribution >= 0.6 is 0 Å². The molecule has 0 spiro atoms. The summed E-state index contributed by atoms with van der Waals surface area (Å²) in [6, 6.07) is 10.1. The van der Waals surface area contributed by atoms with E-state index in [4.69, 9.17) is 4.74 Å². The van der Waals surface area contributed by atoms with Gasteiger partial charge < -0.3 is 15.0 Å². The maximum absolute atomic E-state index is 5.16. The summed E-state index contributed by atoms with van der Waals surface area (Å²) in [5.41, 5.74) is 2.34. The minimum Gasteiger partial charge on any atom is -0.497 e. The van der Waals surface area contributed by atoms with Crippen molar-refractivity contribution in [2.75, 3.05) is 30.4 Å². The lowest BCUT2D eigenvalue weighted by Crippen LogP contribution is -2.18. The summed E-state index contributed by atoms with van der Waals surface area (Å²) in [5.74, 6) is 1.68. The molecule has 0 unspecified atom stereocenters. The van der Waals surface area contributed by atoms with Crippen molar-refractivity contribution in [3.05, 3.63) is 42.1 Å². The number of methoxy groups -OCH3 is 1. The van der Waals surface area contributed by atoms with Gasteiger partial charge in [0.15, 0.2) is 5.82 Å². The van der Waals surface area contributed by atoms with Gasteiger partial charge in [0, 0.05) is 25.7 Å². The van der Waals surface area contributed by atoms with Gasteiger partial charge >= 0.3 is 0 Å². The van der Waals surface area contributed by atoms with Crippen molar-refractivity contribution < 1.29 is 4.74 Å². The van der Waals surface area contributed by atoms with Gasteiger partial charge in [0.2, 0.25) is 0 Å². The molecule has 2 aromatic rings. The number of nitrogens with zero attached hydrogens (tertiary/aromatic N) is 3. The van der Waals surface area contributed by atoms with Crippen LogP contribution in [0.4, 0.5) is 11.5 Å². The number of ether oxygens (including phenoxy) is 1. The van der Waals surface area contributed by atoms with E-state index in [1.807, 2.05) is 30.5 Å². The predicted molar refractivity (Wildman–Crippen MR) is 83.8 cm³/mol. The average molecular weight is 284 g/mol. The molecule has 1 saturated heterocycles. The van der Waals surface area contributed by atoms with E-state index in [2.05, 4.69) is 26.5 Å². The molecule has 110 valence electrons. The van der Waals surface area contributed by atoms with Gasteiger partial charge in [-0.15, -0.1) is 5.10 Å². The third-order valence-corrected chi connectivity index (χ3v) is 3.74. The lowest BCUT2D eigenvalue weighted by molar-refractivity contribution is 0.414. The van der Waals surface area contributed by atoms with Crippen LogP contribution < -0.4 is 15.0 Å². The van der Waals surface area contributed by atoms with E-state index >= 15 is 0 Å². The number of hydrogen-bond donors (Lipinski definition) is 1. The van der Waals surface area contributed by atoms with Crippen LogP contribution in [0, 0.1) is 0 Å². The summed E-state index contributed by atoms with van der Waals surface area (Å²) in [5, 5.41) is 11.6. The fraction of sp³-hybridized carbons (Fsp3) is 0.375. The van der Waals surface area contributed by atoms with Crippen molar-refractivity contribution in [2.24, 2.45) is 0 Å². The number of aromatic nitrogens is 2. The maximum atomic E-state index is 5.16. The zero-order valence-electron chi connectivity index (χ0n) is 12.2. The number of anilines is 2. The first-order valence-electron chi connectivity index (χ1n) is 7.29. The normalized spacial score (nSPS) is 14.2. The monoisotopic (exact) mass is 284 g/mol. The number of hydrogen-bond acceptors (Lipinski definition) is 5. The zero-order valence-corrected chi connectivity index (χ0v) is 12.2. The van der Waals surface area contributed by atoms with Crippen LogP contribution in [-0.4, -0.2) is 30.4 Å². The minimum absolute atomic E-state index is 0.724. The molecule has 5 nitrogen and oxygen atoms in total.